The number of hydrogen-bond donors (Lipinski definition) is 1. The Labute approximate surface area is 138 Å². The number of hydrogen-bond acceptors (Lipinski definition) is 2. The first-order valence-electron chi connectivity index (χ1n) is 8.83. The third-order valence-electron chi connectivity index (χ3n) is 5.03. The minimum atomic E-state index is -0.0255. The van der Waals surface area contributed by atoms with Crippen LogP contribution in [0, 0.1) is 5.92 Å². The largest absolute Gasteiger partial charge is 0.349 e. The fourth-order valence-corrected chi connectivity index (χ4v) is 3.66. The normalized spacial score (nSPS) is 22.1. The summed E-state index contributed by atoms with van der Waals surface area (Å²) < 4.78 is 0. The van der Waals surface area contributed by atoms with Crippen molar-refractivity contribution in [3.63, 3.8) is 0 Å². The molecule has 0 spiro atoms. The average Bonchev–Trinajstić information content (AvgIpc) is 3.07. The highest BCUT2D eigenvalue weighted by Gasteiger charge is 2.22. The Bertz CT molecular complexity index is 561. The number of nitrogens with zero attached hydrogens (tertiary/aromatic N) is 1. The zero-order valence-electron chi connectivity index (χ0n) is 13.9. The maximum atomic E-state index is 12.5. The molecule has 1 aromatic rings. The van der Waals surface area contributed by atoms with Gasteiger partial charge >= 0.3 is 0 Å². The highest BCUT2D eigenvalue weighted by molar-refractivity contribution is 5.98. The second kappa shape index (κ2) is 7.16. The standard InChI is InChI=1S/C19H26N2O2/c1-14-5-4-12-21(13-14)19(23)16-10-8-15(9-11-16)18(22)20-17-6-2-3-7-17/h8-11,14,17H,2-7,12-13H2,1H3,(H,20,22). The third kappa shape index (κ3) is 3.92. The summed E-state index contributed by atoms with van der Waals surface area (Å²) in [7, 11) is 0. The van der Waals surface area contributed by atoms with Gasteiger partial charge < -0.3 is 10.2 Å². The first-order chi connectivity index (χ1) is 11.1. The molecular weight excluding hydrogens is 288 g/mol. The molecule has 0 bridgehead atoms. The van der Waals surface area contributed by atoms with Crippen molar-refractivity contribution < 1.29 is 9.59 Å². The van der Waals surface area contributed by atoms with Crippen molar-refractivity contribution in [3.8, 4) is 0 Å². The van der Waals surface area contributed by atoms with Crippen molar-refractivity contribution in [3.05, 3.63) is 35.4 Å². The Kier molecular flexibility index (Phi) is 4.99. The van der Waals surface area contributed by atoms with Crippen LogP contribution in [0.1, 0.15) is 66.2 Å². The van der Waals surface area contributed by atoms with Crippen molar-refractivity contribution >= 4 is 11.8 Å². The van der Waals surface area contributed by atoms with E-state index in [0.29, 0.717) is 23.1 Å². The summed E-state index contributed by atoms with van der Waals surface area (Å²) in [5.74, 6) is 0.631. The molecule has 2 aliphatic rings. The molecule has 124 valence electrons. The van der Waals surface area contributed by atoms with Gasteiger partial charge in [0.25, 0.3) is 11.8 Å². The van der Waals surface area contributed by atoms with Gasteiger partial charge in [-0.15, -0.1) is 0 Å². The van der Waals surface area contributed by atoms with Crippen LogP contribution in [-0.2, 0) is 0 Å². The van der Waals surface area contributed by atoms with E-state index < -0.39 is 0 Å². The number of benzene rings is 1. The topological polar surface area (TPSA) is 49.4 Å². The smallest absolute Gasteiger partial charge is 0.253 e. The van der Waals surface area contributed by atoms with E-state index in [1.807, 2.05) is 4.90 Å². The van der Waals surface area contributed by atoms with Crippen LogP contribution in [0.4, 0.5) is 0 Å². The summed E-state index contributed by atoms with van der Waals surface area (Å²) >= 11 is 0. The third-order valence-corrected chi connectivity index (χ3v) is 5.03. The van der Waals surface area contributed by atoms with Crippen LogP contribution in [0.5, 0.6) is 0 Å². The molecule has 1 aromatic carbocycles. The van der Waals surface area contributed by atoms with E-state index in [4.69, 9.17) is 0 Å². The highest BCUT2D eigenvalue weighted by Crippen LogP contribution is 2.19. The SMILES string of the molecule is CC1CCCN(C(=O)c2ccc(C(=O)NC3CCCC3)cc2)C1. The maximum Gasteiger partial charge on any atom is 0.253 e. The Morgan fingerprint density at radius 3 is 2.30 bits per heavy atom. The molecule has 1 saturated heterocycles. The number of carbonyl (C=O) groups excluding carboxylic acids is 2. The van der Waals surface area contributed by atoms with E-state index in [2.05, 4.69) is 12.2 Å². The van der Waals surface area contributed by atoms with E-state index in [9.17, 15) is 9.59 Å². The second-order valence-electron chi connectivity index (χ2n) is 7.03. The summed E-state index contributed by atoms with van der Waals surface area (Å²) in [6.45, 7) is 3.87. The Morgan fingerprint density at radius 1 is 1.00 bits per heavy atom. The van der Waals surface area contributed by atoms with E-state index in [1.165, 1.54) is 19.3 Å². The molecule has 0 aromatic heterocycles. The second-order valence-corrected chi connectivity index (χ2v) is 7.03. The van der Waals surface area contributed by atoms with Gasteiger partial charge in [0, 0.05) is 30.3 Å². The van der Waals surface area contributed by atoms with Gasteiger partial charge in [-0.3, -0.25) is 9.59 Å². The zero-order chi connectivity index (χ0) is 16.2. The quantitative estimate of drug-likeness (QED) is 0.931. The predicted molar refractivity (Wildman–Crippen MR) is 90.5 cm³/mol. The molecule has 2 fully saturated rings. The van der Waals surface area contributed by atoms with Gasteiger partial charge in [-0.1, -0.05) is 19.8 Å². The molecule has 1 aliphatic heterocycles. The Balaban J connectivity index is 1.61. The van der Waals surface area contributed by atoms with Gasteiger partial charge in [0.15, 0.2) is 0 Å². The molecular formula is C19H26N2O2. The Hall–Kier alpha value is -1.84. The van der Waals surface area contributed by atoms with E-state index >= 15 is 0 Å². The lowest BCUT2D eigenvalue weighted by molar-refractivity contribution is 0.0682. The lowest BCUT2D eigenvalue weighted by Crippen LogP contribution is -2.39. The first-order valence-corrected chi connectivity index (χ1v) is 8.83. The van der Waals surface area contributed by atoms with Gasteiger partial charge in [-0.25, -0.2) is 0 Å². The number of carbonyl (C=O) groups is 2. The molecule has 23 heavy (non-hydrogen) atoms. The minimum absolute atomic E-state index is 0.0255. The van der Waals surface area contributed by atoms with Crippen LogP contribution in [-0.4, -0.2) is 35.8 Å². The summed E-state index contributed by atoms with van der Waals surface area (Å²) in [6, 6.07) is 7.42. The Morgan fingerprint density at radius 2 is 1.65 bits per heavy atom. The van der Waals surface area contributed by atoms with E-state index in [-0.39, 0.29) is 11.8 Å². The van der Waals surface area contributed by atoms with Crippen molar-refractivity contribution in [2.45, 2.75) is 51.5 Å². The molecule has 4 heteroatoms. The van der Waals surface area contributed by atoms with E-state index in [0.717, 1.165) is 32.4 Å². The first kappa shape index (κ1) is 16.0. The van der Waals surface area contributed by atoms with Crippen LogP contribution in [0.3, 0.4) is 0 Å². The van der Waals surface area contributed by atoms with Crippen molar-refractivity contribution in [2.24, 2.45) is 5.92 Å². The number of piperidine rings is 1. The zero-order valence-corrected chi connectivity index (χ0v) is 13.9. The fraction of sp³-hybridized carbons (Fsp3) is 0.579. The highest BCUT2D eigenvalue weighted by atomic mass is 16.2. The lowest BCUT2D eigenvalue weighted by Gasteiger charge is -2.31. The van der Waals surface area contributed by atoms with Crippen molar-refractivity contribution in [2.75, 3.05) is 13.1 Å². The van der Waals surface area contributed by atoms with Gasteiger partial charge in [-0.2, -0.15) is 0 Å². The van der Waals surface area contributed by atoms with Gasteiger partial charge in [0.2, 0.25) is 0 Å². The maximum absolute atomic E-state index is 12.5. The summed E-state index contributed by atoms with van der Waals surface area (Å²) in [6.07, 6.45) is 6.84. The molecule has 0 radical (unpaired) electrons. The number of rotatable bonds is 3. The average molecular weight is 314 g/mol. The number of amides is 2. The summed E-state index contributed by atoms with van der Waals surface area (Å²) in [5.41, 5.74) is 1.32. The summed E-state index contributed by atoms with van der Waals surface area (Å²) in [4.78, 5) is 26.7. The molecule has 1 atom stereocenters. The van der Waals surface area contributed by atoms with E-state index in [1.54, 1.807) is 24.3 Å². The predicted octanol–water partition coefficient (Wildman–Crippen LogP) is 3.23. The van der Waals surface area contributed by atoms with Crippen LogP contribution in [0.2, 0.25) is 0 Å². The summed E-state index contributed by atoms with van der Waals surface area (Å²) in [5, 5.41) is 3.08. The molecule has 1 heterocycles. The van der Waals surface area contributed by atoms with Gasteiger partial charge in [0.1, 0.15) is 0 Å². The number of likely N-dealkylation sites (tertiary alicyclic amines) is 1. The monoisotopic (exact) mass is 314 g/mol. The molecule has 1 saturated carbocycles. The van der Waals surface area contributed by atoms with Crippen molar-refractivity contribution in [1.82, 2.24) is 10.2 Å². The molecule has 4 nitrogen and oxygen atoms in total. The fourth-order valence-electron chi connectivity index (χ4n) is 3.66. The van der Waals surface area contributed by atoms with Crippen LogP contribution in [0.25, 0.3) is 0 Å². The molecule has 3 rings (SSSR count). The number of nitrogens with one attached hydrogen (secondary N) is 1. The molecule has 1 N–H and O–H groups in total. The molecule has 2 amide bonds. The van der Waals surface area contributed by atoms with Crippen molar-refractivity contribution in [1.29, 1.82) is 0 Å². The van der Waals surface area contributed by atoms with Crippen LogP contribution < -0.4 is 5.32 Å². The lowest BCUT2D eigenvalue weighted by atomic mass is 9.99. The van der Waals surface area contributed by atoms with Crippen LogP contribution in [0.15, 0.2) is 24.3 Å². The van der Waals surface area contributed by atoms with Gasteiger partial charge in [-0.05, 0) is 55.9 Å². The van der Waals surface area contributed by atoms with Gasteiger partial charge in [0.05, 0.1) is 0 Å². The van der Waals surface area contributed by atoms with Crippen LogP contribution >= 0.6 is 0 Å². The molecule has 1 unspecified atom stereocenters. The molecule has 1 aliphatic carbocycles. The minimum Gasteiger partial charge on any atom is -0.349 e.